The molecule has 0 rings (SSSR count). The van der Waals surface area contributed by atoms with Crippen molar-refractivity contribution < 1.29 is 12.7 Å². The number of hydrogen-bond donors (Lipinski definition) is 0. The third-order valence-electron chi connectivity index (χ3n) is 0.312. The number of nitriles is 1. The van der Waals surface area contributed by atoms with Crippen molar-refractivity contribution in [2.75, 3.05) is 0 Å². The second kappa shape index (κ2) is 1.75. The second-order valence-corrected chi connectivity index (χ2v) is 2.22. The van der Waals surface area contributed by atoms with Gasteiger partial charge < -0.3 is 0 Å². The largest absolute Gasteiger partial charge is 0.517 e. The van der Waals surface area contributed by atoms with Gasteiger partial charge in [0.15, 0.2) is 4.33 Å². The number of nitrogens with zero attached hydrogens (tertiary/aromatic N) is 2. The summed E-state index contributed by atoms with van der Waals surface area (Å²) in [7, 11) is -4.71. The third-order valence-corrected chi connectivity index (χ3v) is 0.935. The van der Waals surface area contributed by atoms with Crippen molar-refractivity contribution in [2.45, 2.75) is 0 Å². The monoisotopic (exact) mass is 136 g/mol. The summed E-state index contributed by atoms with van der Waals surface area (Å²) in [4.78, 5) is 9.25. The first kappa shape index (κ1) is 6.84. The Bertz CT molecular complexity index is 231. The zero-order valence-electron chi connectivity index (χ0n) is 3.44. The van der Waals surface area contributed by atoms with E-state index in [1.165, 1.54) is 0 Å². The molecule has 0 heterocycles. The number of rotatable bonds is 1. The van der Waals surface area contributed by atoms with E-state index < -0.39 is 14.4 Å². The Labute approximate surface area is 44.5 Å². The van der Waals surface area contributed by atoms with Crippen LogP contribution in [0.5, 0.6) is 0 Å². The normalized spacial score (nSPS) is 9.88. The molecule has 8 heavy (non-hydrogen) atoms. The van der Waals surface area contributed by atoms with E-state index >= 15 is 0 Å². The van der Waals surface area contributed by atoms with Crippen molar-refractivity contribution in [1.82, 2.24) is 0 Å². The van der Waals surface area contributed by atoms with Gasteiger partial charge in [0, 0.05) is 0 Å². The molecule has 0 aliphatic rings. The van der Waals surface area contributed by atoms with E-state index in [9.17, 15) is 18.5 Å². The minimum Gasteiger partial charge on any atom is -0.246 e. The Hall–Kier alpha value is -1.16. The van der Waals surface area contributed by atoms with Gasteiger partial charge in [-0.05, 0) is 0 Å². The van der Waals surface area contributed by atoms with Crippen LogP contribution in [-0.2, 0) is 10.0 Å². The summed E-state index contributed by atoms with van der Waals surface area (Å²) >= 11 is 0. The van der Waals surface area contributed by atoms with Crippen LogP contribution in [0.4, 0.5) is 0 Å². The topological polar surface area (TPSA) is 101 Å². The summed E-state index contributed by atoms with van der Waals surface area (Å²) in [5.41, 5.74) is 0. The van der Waals surface area contributed by atoms with Gasteiger partial charge in [-0.15, -0.1) is 8.42 Å². The Morgan fingerprint density at radius 1 is 1.62 bits per heavy atom. The minimum absolute atomic E-state index is 0.514. The lowest BCUT2D eigenvalue weighted by Gasteiger charge is -1.75. The molecule has 0 radical (unpaired) electrons. The average molecular weight is 136 g/mol. The molecule has 0 saturated carbocycles. The Kier molecular flexibility index (Phi) is 1.50. The number of thiocyanates is 1. The molecule has 7 heteroatoms. The van der Waals surface area contributed by atoms with Crippen molar-refractivity contribution in [1.29, 1.82) is 5.26 Å². The molecule has 0 saturated heterocycles. The van der Waals surface area contributed by atoms with E-state index in [-0.39, 0.29) is 0 Å². The smallest absolute Gasteiger partial charge is 0.246 e. The SMILES string of the molecule is N#CS(=O)(=O)[N+](=O)[O-]. The highest BCUT2D eigenvalue weighted by molar-refractivity contribution is 7.90. The molecule has 0 unspecified atom stereocenters. The van der Waals surface area contributed by atoms with Gasteiger partial charge in [-0.2, -0.15) is 5.26 Å². The molecule has 0 N–H and O–H groups in total. The van der Waals surface area contributed by atoms with Crippen molar-refractivity contribution in [3.05, 3.63) is 10.1 Å². The lowest BCUT2D eigenvalue weighted by molar-refractivity contribution is -0.302. The Morgan fingerprint density at radius 2 is 2.00 bits per heavy atom. The van der Waals surface area contributed by atoms with Gasteiger partial charge in [0.25, 0.3) is 5.40 Å². The minimum atomic E-state index is -4.71. The first-order valence-corrected chi connectivity index (χ1v) is 2.75. The maximum absolute atomic E-state index is 9.64. The van der Waals surface area contributed by atoms with E-state index in [0.29, 0.717) is 5.40 Å². The zero-order valence-corrected chi connectivity index (χ0v) is 4.25. The van der Waals surface area contributed by atoms with Crippen LogP contribution in [0.25, 0.3) is 0 Å². The second-order valence-electron chi connectivity index (χ2n) is 0.790. The predicted molar refractivity (Wildman–Crippen MR) is 21.5 cm³/mol. The first-order chi connectivity index (χ1) is 3.50. The van der Waals surface area contributed by atoms with Gasteiger partial charge in [0.1, 0.15) is 0 Å². The van der Waals surface area contributed by atoms with Crippen molar-refractivity contribution >= 4 is 10.0 Å². The number of nitro groups is 1. The maximum Gasteiger partial charge on any atom is 0.517 e. The fraction of sp³-hybridized carbons (Fsp3) is 0. The highest BCUT2D eigenvalue weighted by Crippen LogP contribution is 1.83. The molecule has 6 nitrogen and oxygen atoms in total. The van der Waals surface area contributed by atoms with Crippen molar-refractivity contribution in [2.24, 2.45) is 0 Å². The molecule has 0 fully saturated rings. The molecule has 0 spiro atoms. The molecule has 44 valence electrons. The van der Waals surface area contributed by atoms with E-state index in [1.807, 2.05) is 0 Å². The van der Waals surface area contributed by atoms with Crippen LogP contribution < -0.4 is 0 Å². The highest BCUT2D eigenvalue weighted by Gasteiger charge is 2.21. The van der Waals surface area contributed by atoms with E-state index in [4.69, 9.17) is 5.26 Å². The van der Waals surface area contributed by atoms with Crippen LogP contribution >= 0.6 is 0 Å². The van der Waals surface area contributed by atoms with Crippen LogP contribution in [-0.4, -0.2) is 12.7 Å². The molecular weight excluding hydrogens is 136 g/mol. The van der Waals surface area contributed by atoms with Crippen LogP contribution in [0, 0.1) is 20.8 Å². The molecule has 0 aromatic heterocycles. The lowest BCUT2D eigenvalue weighted by Crippen LogP contribution is -2.07. The quantitative estimate of drug-likeness (QED) is 0.200. The molecule has 0 aromatic rings. The van der Waals surface area contributed by atoms with Crippen LogP contribution in [0.3, 0.4) is 0 Å². The number of sulfonamides is 1. The summed E-state index contributed by atoms with van der Waals surface area (Å²) in [6, 6.07) is 0. The first-order valence-electron chi connectivity index (χ1n) is 1.31. The fourth-order valence-corrected chi connectivity index (χ4v) is 0.100. The van der Waals surface area contributed by atoms with Gasteiger partial charge in [-0.3, -0.25) is 0 Å². The summed E-state index contributed by atoms with van der Waals surface area (Å²) in [5.74, 6) is 0. The van der Waals surface area contributed by atoms with Crippen LogP contribution in [0.15, 0.2) is 0 Å². The summed E-state index contributed by atoms with van der Waals surface area (Å²) < 4.78 is 17.6. The maximum atomic E-state index is 9.64. The molecule has 0 aliphatic carbocycles. The molecule has 0 aromatic carbocycles. The summed E-state index contributed by atoms with van der Waals surface area (Å²) in [6.45, 7) is 0. The van der Waals surface area contributed by atoms with E-state index in [1.54, 1.807) is 0 Å². The third kappa shape index (κ3) is 1.16. The zero-order chi connectivity index (χ0) is 6.78. The Balaban J connectivity index is 4.78. The number of hydrogen-bond acceptors (Lipinski definition) is 5. The van der Waals surface area contributed by atoms with E-state index in [0.717, 1.165) is 0 Å². The van der Waals surface area contributed by atoms with Gasteiger partial charge >= 0.3 is 10.0 Å². The fourth-order valence-electron chi connectivity index (χ4n) is 0.0333. The van der Waals surface area contributed by atoms with Gasteiger partial charge in [0.05, 0.1) is 0 Å². The van der Waals surface area contributed by atoms with Crippen LogP contribution in [0.1, 0.15) is 0 Å². The average Bonchev–Trinajstić information content (AvgIpc) is 1.67. The molecule has 0 atom stereocenters. The summed E-state index contributed by atoms with van der Waals surface area (Å²) in [5, 5.41) is 17.2. The molecule has 0 aliphatic heterocycles. The lowest BCUT2D eigenvalue weighted by atomic mass is 11.8. The Morgan fingerprint density at radius 3 is 2.00 bits per heavy atom. The van der Waals surface area contributed by atoms with Gasteiger partial charge in [0.2, 0.25) is 0 Å². The van der Waals surface area contributed by atoms with Crippen molar-refractivity contribution in [3.8, 4) is 5.40 Å². The summed E-state index contributed by atoms with van der Waals surface area (Å²) in [6.07, 6.45) is 0. The van der Waals surface area contributed by atoms with Crippen LogP contribution in [0.2, 0.25) is 0 Å². The van der Waals surface area contributed by atoms with E-state index in [2.05, 4.69) is 0 Å². The molecule has 0 bridgehead atoms. The van der Waals surface area contributed by atoms with Crippen molar-refractivity contribution in [3.63, 3.8) is 0 Å². The predicted octanol–water partition coefficient (Wildman–Crippen LogP) is -0.926. The standard InChI is InChI=1S/CN2O4S/c2-1-8(6,7)3(4)5. The molecule has 0 amide bonds. The molecular formula is CN2O4S. The highest BCUT2D eigenvalue weighted by atomic mass is 32.2. The van der Waals surface area contributed by atoms with Gasteiger partial charge in [-0.25, -0.2) is 10.1 Å². The van der Waals surface area contributed by atoms with Gasteiger partial charge in [-0.1, -0.05) is 0 Å².